The molecular weight excluding hydrogens is 371 g/mol. The Balaban J connectivity index is 1.92. The van der Waals surface area contributed by atoms with E-state index in [0.717, 1.165) is 25.3 Å². The van der Waals surface area contributed by atoms with Crippen molar-refractivity contribution in [3.05, 3.63) is 29.8 Å². The molecule has 28 heavy (non-hydrogen) atoms. The summed E-state index contributed by atoms with van der Waals surface area (Å²) >= 11 is 0. The van der Waals surface area contributed by atoms with Crippen LogP contribution in [-0.4, -0.2) is 37.5 Å². The standard InChI is InChI=1S/C20H28F3N3O2/c1-13-8-4-6-10-16(13)25-19(28)14(2)26(3)12-18(27)24-17-11-7-5-9-15(17)20(21,22)23/h5,7,9,11,13-14,16H,4,6,8,10,12H2,1-3H3,(H,24,27)(H,25,28)/p+1/t13-,14-,16+/m1/s1. The monoisotopic (exact) mass is 400 g/mol. The lowest BCUT2D eigenvalue weighted by atomic mass is 9.86. The van der Waals surface area contributed by atoms with Gasteiger partial charge in [0.15, 0.2) is 12.6 Å². The largest absolute Gasteiger partial charge is 0.418 e. The Morgan fingerprint density at radius 3 is 2.50 bits per heavy atom. The summed E-state index contributed by atoms with van der Waals surface area (Å²) in [5, 5.41) is 5.38. The lowest BCUT2D eigenvalue weighted by molar-refractivity contribution is -0.885. The average molecular weight is 400 g/mol. The topological polar surface area (TPSA) is 62.6 Å². The molecular formula is C20H29F3N3O2+. The van der Waals surface area contributed by atoms with Crippen LogP contribution < -0.4 is 15.5 Å². The number of para-hydroxylation sites is 1. The van der Waals surface area contributed by atoms with Gasteiger partial charge in [0.25, 0.3) is 11.8 Å². The molecule has 0 aliphatic heterocycles. The van der Waals surface area contributed by atoms with E-state index in [1.165, 1.54) is 24.6 Å². The van der Waals surface area contributed by atoms with E-state index in [2.05, 4.69) is 17.6 Å². The number of hydrogen-bond acceptors (Lipinski definition) is 2. The highest BCUT2D eigenvalue weighted by Crippen LogP contribution is 2.34. The first-order valence-electron chi connectivity index (χ1n) is 9.68. The molecule has 5 nitrogen and oxygen atoms in total. The maximum Gasteiger partial charge on any atom is 0.418 e. The second-order valence-corrected chi connectivity index (χ2v) is 7.71. The molecule has 3 N–H and O–H groups in total. The smallest absolute Gasteiger partial charge is 0.348 e. The number of anilines is 1. The lowest BCUT2D eigenvalue weighted by Gasteiger charge is -2.31. The number of carbonyl (C=O) groups is 2. The predicted octanol–water partition coefficient (Wildman–Crippen LogP) is 2.24. The van der Waals surface area contributed by atoms with Crippen molar-refractivity contribution in [2.75, 3.05) is 18.9 Å². The van der Waals surface area contributed by atoms with E-state index in [1.807, 2.05) is 0 Å². The molecule has 156 valence electrons. The van der Waals surface area contributed by atoms with Crippen LogP contribution in [0.15, 0.2) is 24.3 Å². The zero-order valence-electron chi connectivity index (χ0n) is 16.5. The van der Waals surface area contributed by atoms with E-state index >= 15 is 0 Å². The summed E-state index contributed by atoms with van der Waals surface area (Å²) < 4.78 is 39.1. The van der Waals surface area contributed by atoms with E-state index in [1.54, 1.807) is 14.0 Å². The van der Waals surface area contributed by atoms with Gasteiger partial charge in [-0.3, -0.25) is 9.59 Å². The molecule has 1 unspecified atom stereocenters. The van der Waals surface area contributed by atoms with E-state index in [4.69, 9.17) is 0 Å². The minimum atomic E-state index is -4.55. The second-order valence-electron chi connectivity index (χ2n) is 7.71. The van der Waals surface area contributed by atoms with Crippen LogP contribution in [0, 0.1) is 5.92 Å². The van der Waals surface area contributed by atoms with Crippen molar-refractivity contribution in [3.8, 4) is 0 Å². The highest BCUT2D eigenvalue weighted by Gasteiger charge is 2.34. The molecule has 1 aromatic rings. The Kier molecular flexibility index (Phi) is 7.46. The molecule has 2 rings (SSSR count). The molecule has 0 aromatic heterocycles. The molecule has 0 radical (unpaired) electrons. The van der Waals surface area contributed by atoms with Gasteiger partial charge in [0.2, 0.25) is 0 Å². The summed E-state index contributed by atoms with van der Waals surface area (Å²) in [5.41, 5.74) is -1.17. The SMILES string of the molecule is C[C@@H]1CCCC[C@@H]1NC(=O)[C@@H](C)[NH+](C)CC(=O)Nc1ccccc1C(F)(F)F. The molecule has 1 aliphatic rings. The minimum absolute atomic E-state index is 0.110. The molecule has 1 aliphatic carbocycles. The van der Waals surface area contributed by atoms with Crippen molar-refractivity contribution in [2.45, 2.75) is 57.8 Å². The first kappa shape index (κ1) is 22.2. The first-order chi connectivity index (χ1) is 13.1. The van der Waals surface area contributed by atoms with Crippen molar-refractivity contribution < 1.29 is 27.7 Å². The normalized spacial score (nSPS) is 22.2. The van der Waals surface area contributed by atoms with Gasteiger partial charge in [0.05, 0.1) is 18.3 Å². The van der Waals surface area contributed by atoms with Crippen LogP contribution in [0.25, 0.3) is 0 Å². The Hall–Kier alpha value is -2.09. The third-order valence-corrected chi connectivity index (χ3v) is 5.52. The average Bonchev–Trinajstić information content (AvgIpc) is 2.62. The summed E-state index contributed by atoms with van der Waals surface area (Å²) in [5.74, 6) is -0.285. The molecule has 8 heteroatoms. The Bertz CT molecular complexity index is 694. The summed E-state index contributed by atoms with van der Waals surface area (Å²) in [6, 6.07) is 4.50. The number of nitrogens with one attached hydrogen (secondary N) is 3. The maximum absolute atomic E-state index is 13.0. The molecule has 4 atom stereocenters. The summed E-state index contributed by atoms with van der Waals surface area (Å²) in [6.45, 7) is 3.73. The van der Waals surface area contributed by atoms with Gasteiger partial charge >= 0.3 is 6.18 Å². The van der Waals surface area contributed by atoms with Gasteiger partial charge in [-0.15, -0.1) is 0 Å². The Labute approximate surface area is 163 Å². The Morgan fingerprint density at radius 2 is 1.86 bits per heavy atom. The second kappa shape index (κ2) is 9.41. The summed E-state index contributed by atoms with van der Waals surface area (Å²) in [4.78, 5) is 25.4. The van der Waals surface area contributed by atoms with Crippen LogP contribution in [0.2, 0.25) is 0 Å². The molecule has 1 aromatic carbocycles. The van der Waals surface area contributed by atoms with Crippen molar-refractivity contribution in [1.82, 2.24) is 5.32 Å². The fourth-order valence-electron chi connectivity index (χ4n) is 3.50. The molecule has 0 saturated heterocycles. The van der Waals surface area contributed by atoms with Crippen molar-refractivity contribution in [2.24, 2.45) is 5.92 Å². The van der Waals surface area contributed by atoms with Crippen LogP contribution in [0.5, 0.6) is 0 Å². The number of likely N-dealkylation sites (N-methyl/N-ethyl adjacent to an activating group) is 1. The number of carbonyl (C=O) groups excluding carboxylic acids is 2. The maximum atomic E-state index is 13.0. The zero-order valence-corrected chi connectivity index (χ0v) is 16.5. The molecule has 1 saturated carbocycles. The lowest BCUT2D eigenvalue weighted by Crippen LogP contribution is -3.15. The van der Waals surface area contributed by atoms with Gasteiger partial charge < -0.3 is 15.5 Å². The highest BCUT2D eigenvalue weighted by atomic mass is 19.4. The fraction of sp³-hybridized carbons (Fsp3) is 0.600. The number of benzene rings is 1. The van der Waals surface area contributed by atoms with Gasteiger partial charge in [-0.1, -0.05) is 31.9 Å². The quantitative estimate of drug-likeness (QED) is 0.686. The predicted molar refractivity (Wildman–Crippen MR) is 101 cm³/mol. The van der Waals surface area contributed by atoms with Gasteiger partial charge in [-0.25, -0.2) is 0 Å². The number of alkyl halides is 3. The van der Waals surface area contributed by atoms with Gasteiger partial charge in [0, 0.05) is 6.04 Å². The molecule has 0 heterocycles. The van der Waals surface area contributed by atoms with Gasteiger partial charge in [0.1, 0.15) is 0 Å². The third kappa shape index (κ3) is 5.95. The molecule has 0 spiro atoms. The number of amides is 2. The number of quaternary nitrogens is 1. The molecule has 0 bridgehead atoms. The first-order valence-corrected chi connectivity index (χ1v) is 9.68. The van der Waals surface area contributed by atoms with Crippen molar-refractivity contribution in [1.29, 1.82) is 0 Å². The van der Waals surface area contributed by atoms with Crippen molar-refractivity contribution >= 4 is 17.5 Å². The van der Waals surface area contributed by atoms with Crippen LogP contribution in [0.3, 0.4) is 0 Å². The third-order valence-electron chi connectivity index (χ3n) is 5.52. The van der Waals surface area contributed by atoms with Crippen LogP contribution in [-0.2, 0) is 15.8 Å². The summed E-state index contributed by atoms with van der Waals surface area (Å²) in [6.07, 6.45) is -0.246. The summed E-state index contributed by atoms with van der Waals surface area (Å²) in [7, 11) is 1.68. The van der Waals surface area contributed by atoms with Crippen LogP contribution >= 0.6 is 0 Å². The highest BCUT2D eigenvalue weighted by molar-refractivity contribution is 5.92. The van der Waals surface area contributed by atoms with Crippen molar-refractivity contribution in [3.63, 3.8) is 0 Å². The number of rotatable bonds is 6. The Morgan fingerprint density at radius 1 is 1.21 bits per heavy atom. The van der Waals surface area contributed by atoms with E-state index in [0.29, 0.717) is 10.8 Å². The minimum Gasteiger partial charge on any atom is -0.348 e. The zero-order chi connectivity index (χ0) is 20.9. The molecule has 1 fully saturated rings. The number of halogens is 3. The van der Waals surface area contributed by atoms with Gasteiger partial charge in [-0.2, -0.15) is 13.2 Å². The van der Waals surface area contributed by atoms with Crippen LogP contribution in [0.1, 0.15) is 45.1 Å². The fourth-order valence-corrected chi connectivity index (χ4v) is 3.50. The van der Waals surface area contributed by atoms with E-state index < -0.39 is 23.7 Å². The number of hydrogen-bond donors (Lipinski definition) is 3. The molecule has 2 amide bonds. The van der Waals surface area contributed by atoms with Crippen LogP contribution in [0.4, 0.5) is 18.9 Å². The van der Waals surface area contributed by atoms with Gasteiger partial charge in [-0.05, 0) is 37.8 Å². The van der Waals surface area contributed by atoms with E-state index in [9.17, 15) is 22.8 Å². The van der Waals surface area contributed by atoms with E-state index in [-0.39, 0.29) is 24.2 Å².